The van der Waals surface area contributed by atoms with E-state index in [0.717, 1.165) is 5.56 Å². The molecule has 0 aliphatic heterocycles. The summed E-state index contributed by atoms with van der Waals surface area (Å²) < 4.78 is 13.1. The molecule has 0 radical (unpaired) electrons. The molecule has 1 rings (SSSR count). The molecule has 0 aromatic heterocycles. The second-order valence-electron chi connectivity index (χ2n) is 4.88. The molecule has 0 saturated carbocycles. The van der Waals surface area contributed by atoms with Crippen LogP contribution in [0.15, 0.2) is 18.2 Å². The minimum absolute atomic E-state index is 0.148. The summed E-state index contributed by atoms with van der Waals surface area (Å²) in [7, 11) is 0. The highest BCUT2D eigenvalue weighted by Gasteiger charge is 2.24. The lowest BCUT2D eigenvalue weighted by Crippen LogP contribution is -2.38. The average molecular weight is 225 g/mol. The summed E-state index contributed by atoms with van der Waals surface area (Å²) in [6.45, 7) is 7.94. The van der Waals surface area contributed by atoms with Crippen LogP contribution in [-0.4, -0.2) is 17.3 Å². The molecule has 90 valence electrons. The van der Waals surface area contributed by atoms with Crippen molar-refractivity contribution < 1.29 is 9.50 Å². The zero-order valence-corrected chi connectivity index (χ0v) is 10.3. The number of hydrogen-bond donors (Lipinski definition) is 2. The molecule has 1 aromatic rings. The Balaban J connectivity index is 2.68. The number of hydrogen-bond acceptors (Lipinski definition) is 2. The highest BCUT2D eigenvalue weighted by atomic mass is 19.1. The number of rotatable bonds is 4. The van der Waals surface area contributed by atoms with Crippen LogP contribution in [0.2, 0.25) is 0 Å². The Hall–Kier alpha value is -1.09. The van der Waals surface area contributed by atoms with Gasteiger partial charge in [-0.15, -0.1) is 0 Å². The van der Waals surface area contributed by atoms with E-state index in [1.54, 1.807) is 6.92 Å². The van der Waals surface area contributed by atoms with Gasteiger partial charge in [0.2, 0.25) is 0 Å². The molecular formula is C13H20FNO. The first-order chi connectivity index (χ1) is 7.31. The maximum absolute atomic E-state index is 13.1. The Morgan fingerprint density at radius 3 is 2.50 bits per heavy atom. The van der Waals surface area contributed by atoms with Crippen LogP contribution >= 0.6 is 0 Å². The van der Waals surface area contributed by atoms with E-state index in [2.05, 4.69) is 5.32 Å². The molecule has 1 unspecified atom stereocenters. The monoisotopic (exact) mass is 225 g/mol. The van der Waals surface area contributed by atoms with Crippen molar-refractivity contribution in [3.8, 4) is 0 Å². The van der Waals surface area contributed by atoms with Crippen LogP contribution in [-0.2, 0) is 0 Å². The summed E-state index contributed by atoms with van der Waals surface area (Å²) >= 11 is 0. The maximum atomic E-state index is 13.1. The van der Waals surface area contributed by atoms with Gasteiger partial charge in [-0.05, 0) is 43.5 Å². The minimum Gasteiger partial charge on any atom is -0.388 e. The van der Waals surface area contributed by atoms with Crippen molar-refractivity contribution in [1.82, 2.24) is 0 Å². The van der Waals surface area contributed by atoms with Gasteiger partial charge >= 0.3 is 0 Å². The first-order valence-corrected chi connectivity index (χ1v) is 5.55. The van der Waals surface area contributed by atoms with Crippen molar-refractivity contribution in [2.24, 2.45) is 5.92 Å². The van der Waals surface area contributed by atoms with Gasteiger partial charge in [-0.2, -0.15) is 0 Å². The van der Waals surface area contributed by atoms with E-state index in [9.17, 15) is 9.50 Å². The fourth-order valence-electron chi connectivity index (χ4n) is 1.32. The Morgan fingerprint density at radius 1 is 1.38 bits per heavy atom. The van der Waals surface area contributed by atoms with Crippen LogP contribution < -0.4 is 5.32 Å². The summed E-state index contributed by atoms with van der Waals surface area (Å²) in [4.78, 5) is 0. The fourth-order valence-corrected chi connectivity index (χ4v) is 1.32. The van der Waals surface area contributed by atoms with E-state index in [-0.39, 0.29) is 11.7 Å². The zero-order chi connectivity index (χ0) is 12.3. The van der Waals surface area contributed by atoms with Crippen molar-refractivity contribution in [2.45, 2.75) is 33.3 Å². The summed E-state index contributed by atoms with van der Waals surface area (Å²) in [5.41, 5.74) is 0.783. The van der Waals surface area contributed by atoms with E-state index in [4.69, 9.17) is 0 Å². The molecule has 2 nitrogen and oxygen atoms in total. The Morgan fingerprint density at radius 2 is 2.00 bits per heavy atom. The lowest BCUT2D eigenvalue weighted by Gasteiger charge is -2.28. The molecule has 0 amide bonds. The third-order valence-electron chi connectivity index (χ3n) is 2.94. The van der Waals surface area contributed by atoms with Crippen LogP contribution in [0.25, 0.3) is 0 Å². The number of anilines is 1. The van der Waals surface area contributed by atoms with E-state index in [1.807, 2.05) is 26.8 Å². The number of benzene rings is 1. The molecule has 0 aliphatic carbocycles. The lowest BCUT2D eigenvalue weighted by atomic mass is 9.92. The van der Waals surface area contributed by atoms with Crippen molar-refractivity contribution in [3.05, 3.63) is 29.6 Å². The average Bonchev–Trinajstić information content (AvgIpc) is 2.13. The highest BCUT2D eigenvalue weighted by Crippen LogP contribution is 2.19. The Bertz CT molecular complexity index is 341. The molecule has 0 fully saturated rings. The van der Waals surface area contributed by atoms with Crippen LogP contribution in [0.1, 0.15) is 26.3 Å². The fraction of sp³-hybridized carbons (Fsp3) is 0.538. The molecule has 0 aliphatic rings. The number of aryl methyl sites for hydroxylation is 1. The molecule has 0 spiro atoms. The molecule has 0 bridgehead atoms. The number of halogens is 1. The predicted molar refractivity (Wildman–Crippen MR) is 65.1 cm³/mol. The van der Waals surface area contributed by atoms with E-state index in [0.29, 0.717) is 12.2 Å². The van der Waals surface area contributed by atoms with Crippen LogP contribution in [0.5, 0.6) is 0 Å². The van der Waals surface area contributed by atoms with Gasteiger partial charge < -0.3 is 10.4 Å². The van der Waals surface area contributed by atoms with Gasteiger partial charge in [0.15, 0.2) is 0 Å². The van der Waals surface area contributed by atoms with Crippen molar-refractivity contribution in [2.75, 3.05) is 11.9 Å². The standard InChI is InChI=1S/C13H20FNO/c1-9(2)13(4,16)8-15-12-6-10(3)5-11(14)7-12/h5-7,9,15-16H,8H2,1-4H3. The van der Waals surface area contributed by atoms with Gasteiger partial charge in [0, 0.05) is 12.2 Å². The van der Waals surface area contributed by atoms with Crippen LogP contribution in [0.3, 0.4) is 0 Å². The van der Waals surface area contributed by atoms with Crippen molar-refractivity contribution in [3.63, 3.8) is 0 Å². The van der Waals surface area contributed by atoms with Crippen molar-refractivity contribution >= 4 is 5.69 Å². The molecular weight excluding hydrogens is 205 g/mol. The Labute approximate surface area is 96.5 Å². The summed E-state index contributed by atoms with van der Waals surface area (Å²) in [5, 5.41) is 13.1. The highest BCUT2D eigenvalue weighted by molar-refractivity contribution is 5.46. The van der Waals surface area contributed by atoms with E-state index < -0.39 is 5.60 Å². The predicted octanol–water partition coefficient (Wildman–Crippen LogP) is 2.95. The van der Waals surface area contributed by atoms with Gasteiger partial charge in [-0.25, -0.2) is 4.39 Å². The van der Waals surface area contributed by atoms with Gasteiger partial charge in [0.05, 0.1) is 5.60 Å². The third-order valence-corrected chi connectivity index (χ3v) is 2.94. The van der Waals surface area contributed by atoms with Crippen LogP contribution in [0.4, 0.5) is 10.1 Å². The first kappa shape index (κ1) is 13.0. The summed E-state index contributed by atoms with van der Waals surface area (Å²) in [6, 6.07) is 4.77. The topological polar surface area (TPSA) is 32.3 Å². The van der Waals surface area contributed by atoms with Gasteiger partial charge in [-0.1, -0.05) is 13.8 Å². The van der Waals surface area contributed by atoms with Gasteiger partial charge in [-0.3, -0.25) is 0 Å². The summed E-state index contributed by atoms with van der Waals surface area (Å²) in [6.07, 6.45) is 0. The second-order valence-corrected chi connectivity index (χ2v) is 4.88. The van der Waals surface area contributed by atoms with E-state index in [1.165, 1.54) is 12.1 Å². The molecule has 16 heavy (non-hydrogen) atoms. The normalized spacial score (nSPS) is 14.9. The molecule has 3 heteroatoms. The van der Waals surface area contributed by atoms with Gasteiger partial charge in [0.1, 0.15) is 5.82 Å². The molecule has 1 atom stereocenters. The summed E-state index contributed by atoms with van der Waals surface area (Å²) in [5.74, 6) is -0.110. The van der Waals surface area contributed by atoms with Crippen molar-refractivity contribution in [1.29, 1.82) is 0 Å². The van der Waals surface area contributed by atoms with E-state index >= 15 is 0 Å². The maximum Gasteiger partial charge on any atom is 0.125 e. The minimum atomic E-state index is -0.791. The lowest BCUT2D eigenvalue weighted by molar-refractivity contribution is 0.0266. The largest absolute Gasteiger partial charge is 0.388 e. The molecule has 2 N–H and O–H groups in total. The number of aliphatic hydroxyl groups is 1. The smallest absolute Gasteiger partial charge is 0.125 e. The first-order valence-electron chi connectivity index (χ1n) is 5.55. The Kier molecular flexibility index (Phi) is 3.92. The zero-order valence-electron chi connectivity index (χ0n) is 10.3. The molecule has 0 saturated heterocycles. The molecule has 1 aromatic carbocycles. The SMILES string of the molecule is Cc1cc(F)cc(NCC(C)(O)C(C)C)c1. The van der Waals surface area contributed by atoms with Crippen LogP contribution in [0, 0.1) is 18.7 Å². The van der Waals surface area contributed by atoms with Gasteiger partial charge in [0.25, 0.3) is 0 Å². The third kappa shape index (κ3) is 3.49. The quantitative estimate of drug-likeness (QED) is 0.825. The molecule has 0 heterocycles. The number of nitrogens with one attached hydrogen (secondary N) is 1. The second kappa shape index (κ2) is 4.83.